The molecule has 7 nitrogen and oxygen atoms in total. The summed E-state index contributed by atoms with van der Waals surface area (Å²) in [6.07, 6.45) is 3.03. The zero-order valence-corrected chi connectivity index (χ0v) is 16.5. The van der Waals surface area contributed by atoms with E-state index in [1.54, 1.807) is 42.3 Å². The van der Waals surface area contributed by atoms with Gasteiger partial charge in [-0.1, -0.05) is 18.2 Å². The molecule has 0 spiro atoms. The van der Waals surface area contributed by atoms with Crippen molar-refractivity contribution in [3.63, 3.8) is 0 Å². The van der Waals surface area contributed by atoms with Gasteiger partial charge in [-0.15, -0.1) is 0 Å². The Morgan fingerprint density at radius 3 is 2.82 bits per heavy atom. The highest BCUT2D eigenvalue weighted by Gasteiger charge is 2.34. The Bertz CT molecular complexity index is 1130. The van der Waals surface area contributed by atoms with Gasteiger partial charge in [-0.05, 0) is 31.5 Å². The quantitative estimate of drug-likeness (QED) is 0.712. The van der Waals surface area contributed by atoms with Crippen LogP contribution in [0.2, 0.25) is 0 Å². The van der Waals surface area contributed by atoms with Crippen molar-refractivity contribution in [2.45, 2.75) is 36.5 Å². The summed E-state index contributed by atoms with van der Waals surface area (Å²) in [5.41, 5.74) is 1.89. The zero-order chi connectivity index (χ0) is 19.9. The number of amides is 1. The fraction of sp³-hybridized carbons (Fsp3) is 0.300. The van der Waals surface area contributed by atoms with Crippen molar-refractivity contribution in [2.75, 3.05) is 0 Å². The van der Waals surface area contributed by atoms with Crippen LogP contribution in [0.5, 0.6) is 0 Å². The van der Waals surface area contributed by atoms with Crippen LogP contribution < -0.4 is 5.32 Å². The normalized spacial score (nSPS) is 15.5. The molecular weight excluding hydrogens is 378 g/mol. The van der Waals surface area contributed by atoms with Crippen molar-refractivity contribution in [1.82, 2.24) is 15.1 Å². The van der Waals surface area contributed by atoms with Gasteiger partial charge in [0.25, 0.3) is 5.91 Å². The van der Waals surface area contributed by atoms with Crippen LogP contribution in [0.3, 0.4) is 0 Å². The van der Waals surface area contributed by atoms with Gasteiger partial charge in [0.15, 0.2) is 15.5 Å². The van der Waals surface area contributed by atoms with Gasteiger partial charge >= 0.3 is 0 Å². The Morgan fingerprint density at radius 2 is 2.07 bits per heavy atom. The van der Waals surface area contributed by atoms with Crippen LogP contribution >= 0.6 is 0 Å². The molecule has 146 valence electrons. The van der Waals surface area contributed by atoms with Crippen molar-refractivity contribution >= 4 is 15.7 Å². The SMILES string of the molecule is CC(CCc1ccco1)NC(=O)c1nn(C)c2c1CS(=O)(=O)c1ccccc1-2. The average Bonchev–Trinajstić information content (AvgIpc) is 3.28. The molecule has 0 radical (unpaired) electrons. The number of sulfone groups is 1. The van der Waals surface area contributed by atoms with E-state index in [9.17, 15) is 13.2 Å². The molecule has 3 aromatic rings. The van der Waals surface area contributed by atoms with Crippen LogP contribution in [0, 0.1) is 0 Å². The number of nitrogens with zero attached hydrogens (tertiary/aromatic N) is 2. The Kier molecular flexibility index (Phi) is 4.58. The fourth-order valence-electron chi connectivity index (χ4n) is 3.60. The van der Waals surface area contributed by atoms with Gasteiger partial charge in [0, 0.05) is 30.6 Å². The first-order valence-electron chi connectivity index (χ1n) is 9.08. The number of benzene rings is 1. The highest BCUT2D eigenvalue weighted by atomic mass is 32.2. The molecule has 1 atom stereocenters. The third kappa shape index (κ3) is 3.24. The lowest BCUT2D eigenvalue weighted by Gasteiger charge is -2.18. The molecule has 4 rings (SSSR count). The highest BCUT2D eigenvalue weighted by Crippen LogP contribution is 2.38. The molecule has 0 saturated carbocycles. The van der Waals surface area contributed by atoms with Gasteiger partial charge < -0.3 is 9.73 Å². The second-order valence-electron chi connectivity index (χ2n) is 7.05. The number of hydrogen-bond donors (Lipinski definition) is 1. The van der Waals surface area contributed by atoms with E-state index in [-0.39, 0.29) is 28.3 Å². The lowest BCUT2D eigenvalue weighted by Crippen LogP contribution is -2.34. The molecule has 3 heterocycles. The number of carbonyl (C=O) groups is 1. The average molecular weight is 399 g/mol. The van der Waals surface area contributed by atoms with Crippen LogP contribution in [-0.4, -0.2) is 30.1 Å². The topological polar surface area (TPSA) is 94.2 Å². The first-order chi connectivity index (χ1) is 13.4. The largest absolute Gasteiger partial charge is 0.469 e. The summed E-state index contributed by atoms with van der Waals surface area (Å²) in [7, 11) is -1.79. The first-order valence-corrected chi connectivity index (χ1v) is 10.7. The maximum absolute atomic E-state index is 12.8. The molecule has 1 amide bonds. The number of rotatable bonds is 5. The molecule has 1 N–H and O–H groups in total. The zero-order valence-electron chi connectivity index (χ0n) is 15.7. The van der Waals surface area contributed by atoms with E-state index in [1.807, 2.05) is 19.1 Å². The molecule has 28 heavy (non-hydrogen) atoms. The minimum Gasteiger partial charge on any atom is -0.469 e. The number of aromatic nitrogens is 2. The number of nitrogens with one attached hydrogen (secondary N) is 1. The third-order valence-electron chi connectivity index (χ3n) is 4.95. The van der Waals surface area contributed by atoms with Crippen molar-refractivity contribution in [2.24, 2.45) is 7.05 Å². The lowest BCUT2D eigenvalue weighted by molar-refractivity contribution is 0.0931. The van der Waals surface area contributed by atoms with Gasteiger partial charge in [-0.25, -0.2) is 8.42 Å². The molecule has 1 aromatic carbocycles. The lowest BCUT2D eigenvalue weighted by atomic mass is 10.1. The number of hydrogen-bond acceptors (Lipinski definition) is 5. The minimum absolute atomic E-state index is 0.109. The minimum atomic E-state index is -3.51. The molecule has 0 fully saturated rings. The van der Waals surface area contributed by atoms with Crippen LogP contribution in [0.1, 0.15) is 35.2 Å². The summed E-state index contributed by atoms with van der Waals surface area (Å²) < 4.78 is 32.3. The fourth-order valence-corrected chi connectivity index (χ4v) is 5.20. The standard InChI is InChI=1S/C20H21N3O4S/c1-13(9-10-14-6-5-11-27-14)21-20(24)18-16-12-28(25,26)17-8-4-3-7-15(17)19(16)23(2)22-18/h3-8,11,13H,9-10,12H2,1-2H3,(H,21,24). The number of furan rings is 1. The number of carbonyl (C=O) groups excluding carboxylic acids is 1. The van der Waals surface area contributed by atoms with Gasteiger partial charge in [-0.2, -0.15) is 5.10 Å². The monoisotopic (exact) mass is 399 g/mol. The van der Waals surface area contributed by atoms with Crippen LogP contribution in [0.15, 0.2) is 52.0 Å². The summed E-state index contributed by atoms with van der Waals surface area (Å²) in [5, 5.41) is 7.26. The maximum atomic E-state index is 12.8. The Balaban J connectivity index is 1.60. The smallest absolute Gasteiger partial charge is 0.272 e. The summed E-state index contributed by atoms with van der Waals surface area (Å²) in [6.45, 7) is 1.91. The molecular formula is C20H21N3O4S. The van der Waals surface area contributed by atoms with Gasteiger partial charge in [0.05, 0.1) is 22.6 Å². The number of fused-ring (bicyclic) bond motifs is 3. The maximum Gasteiger partial charge on any atom is 0.272 e. The van der Waals surface area contributed by atoms with Crippen LogP contribution in [-0.2, 0) is 29.1 Å². The molecule has 1 aliphatic rings. The van der Waals surface area contributed by atoms with E-state index in [0.29, 0.717) is 29.7 Å². The number of aryl methyl sites for hydroxylation is 2. The van der Waals surface area contributed by atoms with Crippen LogP contribution in [0.4, 0.5) is 0 Å². The molecule has 8 heteroatoms. The predicted molar refractivity (Wildman–Crippen MR) is 103 cm³/mol. The second-order valence-corrected chi connectivity index (χ2v) is 9.01. The van der Waals surface area contributed by atoms with Crippen molar-refractivity contribution < 1.29 is 17.6 Å². The molecule has 2 aromatic heterocycles. The second kappa shape index (κ2) is 6.94. The van der Waals surface area contributed by atoms with E-state index in [2.05, 4.69) is 10.4 Å². The Morgan fingerprint density at radius 1 is 1.29 bits per heavy atom. The predicted octanol–water partition coefficient (Wildman–Crippen LogP) is 2.72. The van der Waals surface area contributed by atoms with Gasteiger partial charge in [-0.3, -0.25) is 9.48 Å². The van der Waals surface area contributed by atoms with E-state index in [4.69, 9.17) is 4.42 Å². The van der Waals surface area contributed by atoms with Crippen molar-refractivity contribution in [3.8, 4) is 11.3 Å². The van der Waals surface area contributed by atoms with Gasteiger partial charge in [0.2, 0.25) is 0 Å². The third-order valence-corrected chi connectivity index (χ3v) is 6.65. The Hall–Kier alpha value is -2.87. The summed E-state index contributed by atoms with van der Waals surface area (Å²) in [5.74, 6) is 0.272. The van der Waals surface area contributed by atoms with E-state index >= 15 is 0 Å². The van der Waals surface area contributed by atoms with Crippen LogP contribution in [0.25, 0.3) is 11.3 Å². The molecule has 1 aliphatic heterocycles. The molecule has 0 bridgehead atoms. The highest BCUT2D eigenvalue weighted by molar-refractivity contribution is 7.90. The molecule has 0 saturated heterocycles. The van der Waals surface area contributed by atoms with E-state index in [1.165, 1.54) is 0 Å². The molecule has 0 aliphatic carbocycles. The molecule has 1 unspecified atom stereocenters. The summed E-state index contributed by atoms with van der Waals surface area (Å²) >= 11 is 0. The summed E-state index contributed by atoms with van der Waals surface area (Å²) in [4.78, 5) is 13.1. The van der Waals surface area contributed by atoms with Crippen molar-refractivity contribution in [3.05, 3.63) is 59.7 Å². The Labute approximate surface area is 163 Å². The van der Waals surface area contributed by atoms with Crippen molar-refractivity contribution in [1.29, 1.82) is 0 Å². The van der Waals surface area contributed by atoms with E-state index < -0.39 is 9.84 Å². The van der Waals surface area contributed by atoms with E-state index in [0.717, 1.165) is 5.76 Å². The van der Waals surface area contributed by atoms with Gasteiger partial charge in [0.1, 0.15) is 5.76 Å². The summed E-state index contributed by atoms with van der Waals surface area (Å²) in [6, 6.07) is 10.4. The first kappa shape index (κ1) is 18.5.